The van der Waals surface area contributed by atoms with Crippen molar-refractivity contribution in [2.24, 2.45) is 5.41 Å². The highest BCUT2D eigenvalue weighted by Crippen LogP contribution is 2.36. The second-order valence-electron chi connectivity index (χ2n) is 9.92. The summed E-state index contributed by atoms with van der Waals surface area (Å²) in [6, 6.07) is 7.31. The molecule has 2 saturated heterocycles. The van der Waals surface area contributed by atoms with Crippen molar-refractivity contribution < 1.29 is 14.3 Å². The van der Waals surface area contributed by atoms with Crippen LogP contribution in [0.4, 0.5) is 0 Å². The summed E-state index contributed by atoms with van der Waals surface area (Å²) in [5.74, 6) is 0.783. The number of carbonyl (C=O) groups excluding carboxylic acids is 2. The topological polar surface area (TPSA) is 70.9 Å². The van der Waals surface area contributed by atoms with Crippen LogP contribution in [-0.4, -0.2) is 89.2 Å². The summed E-state index contributed by atoms with van der Waals surface area (Å²) in [5.41, 5.74) is 0.895. The summed E-state index contributed by atoms with van der Waals surface area (Å²) in [5, 5.41) is 5.05. The first-order chi connectivity index (χ1) is 16.8. The van der Waals surface area contributed by atoms with Crippen molar-refractivity contribution in [3.05, 3.63) is 46.7 Å². The first kappa shape index (κ1) is 25.5. The van der Waals surface area contributed by atoms with Gasteiger partial charge in [-0.25, -0.2) is 0 Å². The molecule has 35 heavy (non-hydrogen) atoms. The van der Waals surface area contributed by atoms with Gasteiger partial charge in [-0.2, -0.15) is 5.10 Å². The molecule has 190 valence electrons. The number of hydrogen-bond acceptors (Lipinski definition) is 5. The van der Waals surface area contributed by atoms with Gasteiger partial charge in [0.1, 0.15) is 5.75 Å². The quantitative estimate of drug-likeness (QED) is 0.582. The van der Waals surface area contributed by atoms with E-state index in [1.165, 1.54) is 0 Å². The maximum absolute atomic E-state index is 13.5. The van der Waals surface area contributed by atoms with Crippen LogP contribution >= 0.6 is 11.6 Å². The van der Waals surface area contributed by atoms with Crippen LogP contribution < -0.4 is 4.74 Å². The van der Waals surface area contributed by atoms with E-state index in [1.54, 1.807) is 16.8 Å². The van der Waals surface area contributed by atoms with Gasteiger partial charge in [-0.1, -0.05) is 17.7 Å². The van der Waals surface area contributed by atoms with E-state index in [0.29, 0.717) is 49.0 Å². The first-order valence-corrected chi connectivity index (χ1v) is 12.8. The molecule has 4 rings (SSSR count). The Balaban J connectivity index is 1.54. The van der Waals surface area contributed by atoms with Crippen molar-refractivity contribution in [1.29, 1.82) is 0 Å². The molecule has 8 nitrogen and oxygen atoms in total. The van der Waals surface area contributed by atoms with E-state index in [4.69, 9.17) is 16.3 Å². The Morgan fingerprint density at radius 3 is 2.60 bits per heavy atom. The standard InChI is InChI=1S/C26H36ClN5O3/c1-4-32-17-23(20(2)28-32)25(34)31-10-6-9-26(18-31,19-35-22-8-5-7-21(27)15-22)16-24(33)30-13-11-29(3)12-14-30/h5,7-8,15,17H,4,6,9-14,16,18-19H2,1-3H3. The van der Waals surface area contributed by atoms with Gasteiger partial charge in [0.25, 0.3) is 5.91 Å². The average Bonchev–Trinajstić information content (AvgIpc) is 3.23. The van der Waals surface area contributed by atoms with Gasteiger partial charge in [-0.3, -0.25) is 14.3 Å². The van der Waals surface area contributed by atoms with E-state index < -0.39 is 5.41 Å². The number of benzene rings is 1. The van der Waals surface area contributed by atoms with Gasteiger partial charge in [0.05, 0.1) is 17.9 Å². The van der Waals surface area contributed by atoms with E-state index in [-0.39, 0.29) is 11.8 Å². The van der Waals surface area contributed by atoms with Crippen molar-refractivity contribution >= 4 is 23.4 Å². The fourth-order valence-corrected chi connectivity index (χ4v) is 5.22. The molecule has 2 amide bonds. The lowest BCUT2D eigenvalue weighted by Crippen LogP contribution is -2.53. The fraction of sp³-hybridized carbons (Fsp3) is 0.577. The zero-order valence-electron chi connectivity index (χ0n) is 21.0. The molecule has 0 radical (unpaired) electrons. The molecule has 0 spiro atoms. The highest BCUT2D eigenvalue weighted by atomic mass is 35.5. The van der Waals surface area contributed by atoms with Crippen LogP contribution in [0.15, 0.2) is 30.5 Å². The molecular weight excluding hydrogens is 466 g/mol. The largest absolute Gasteiger partial charge is 0.493 e. The third-order valence-corrected chi connectivity index (χ3v) is 7.41. The highest BCUT2D eigenvalue weighted by Gasteiger charge is 2.41. The predicted molar refractivity (Wildman–Crippen MR) is 136 cm³/mol. The molecule has 1 aromatic heterocycles. The normalized spacial score (nSPS) is 21.3. The molecule has 2 aromatic rings. The van der Waals surface area contributed by atoms with E-state index in [9.17, 15) is 9.59 Å². The number of piperidine rings is 1. The zero-order chi connectivity index (χ0) is 25.0. The Hall–Kier alpha value is -2.58. The van der Waals surface area contributed by atoms with Crippen LogP contribution in [0.3, 0.4) is 0 Å². The number of amides is 2. The summed E-state index contributed by atoms with van der Waals surface area (Å²) in [6.07, 6.45) is 3.83. The van der Waals surface area contributed by atoms with Crippen molar-refractivity contribution in [3.63, 3.8) is 0 Å². The Kier molecular flexibility index (Phi) is 8.02. The molecule has 0 aliphatic carbocycles. The molecule has 0 saturated carbocycles. The van der Waals surface area contributed by atoms with Crippen molar-refractivity contribution in [2.75, 3.05) is 52.9 Å². The van der Waals surface area contributed by atoms with Gasteiger partial charge < -0.3 is 19.4 Å². The lowest BCUT2D eigenvalue weighted by atomic mass is 9.77. The number of rotatable bonds is 7. The van der Waals surface area contributed by atoms with Gasteiger partial charge >= 0.3 is 0 Å². The number of likely N-dealkylation sites (tertiary alicyclic amines) is 1. The molecule has 0 N–H and O–H groups in total. The van der Waals surface area contributed by atoms with Crippen molar-refractivity contribution in [2.45, 2.75) is 39.7 Å². The molecular formula is C26H36ClN5O3. The highest BCUT2D eigenvalue weighted by molar-refractivity contribution is 6.30. The van der Waals surface area contributed by atoms with Gasteiger partial charge in [-0.15, -0.1) is 0 Å². The van der Waals surface area contributed by atoms with Crippen LogP contribution in [0.5, 0.6) is 5.75 Å². The molecule has 0 bridgehead atoms. The third kappa shape index (κ3) is 6.16. The van der Waals surface area contributed by atoms with E-state index in [2.05, 4.69) is 17.0 Å². The van der Waals surface area contributed by atoms with E-state index in [1.807, 2.05) is 42.0 Å². The average molecular weight is 502 g/mol. The minimum atomic E-state index is -0.467. The number of carbonyl (C=O) groups is 2. The summed E-state index contributed by atoms with van der Waals surface area (Å²) in [6.45, 7) is 9.30. The van der Waals surface area contributed by atoms with Gasteiger partial charge in [-0.05, 0) is 51.9 Å². The molecule has 1 atom stereocenters. The second-order valence-corrected chi connectivity index (χ2v) is 10.4. The second kappa shape index (κ2) is 11.0. The van der Waals surface area contributed by atoms with Crippen molar-refractivity contribution in [1.82, 2.24) is 24.5 Å². The molecule has 3 heterocycles. The minimum absolute atomic E-state index is 0.0268. The first-order valence-electron chi connectivity index (χ1n) is 12.5. The Bertz CT molecular complexity index is 1050. The molecule has 9 heteroatoms. The van der Waals surface area contributed by atoms with Gasteiger partial charge in [0.15, 0.2) is 0 Å². The van der Waals surface area contributed by atoms with Crippen molar-refractivity contribution in [3.8, 4) is 5.75 Å². The summed E-state index contributed by atoms with van der Waals surface area (Å²) >= 11 is 6.15. The lowest BCUT2D eigenvalue weighted by Gasteiger charge is -2.43. The third-order valence-electron chi connectivity index (χ3n) is 7.17. The molecule has 2 aliphatic rings. The maximum atomic E-state index is 13.5. The molecule has 1 unspecified atom stereocenters. The number of halogens is 1. The van der Waals surface area contributed by atoms with E-state index >= 15 is 0 Å². The lowest BCUT2D eigenvalue weighted by molar-refractivity contribution is -0.137. The monoisotopic (exact) mass is 501 g/mol. The van der Waals surface area contributed by atoms with Crippen LogP contribution in [-0.2, 0) is 11.3 Å². The summed E-state index contributed by atoms with van der Waals surface area (Å²) < 4.78 is 7.99. The number of piperazine rings is 1. The molecule has 1 aromatic carbocycles. The number of aryl methyl sites for hydroxylation is 2. The van der Waals surface area contributed by atoms with Crippen LogP contribution in [0.1, 0.15) is 42.2 Å². The smallest absolute Gasteiger partial charge is 0.257 e. The molecule has 2 fully saturated rings. The zero-order valence-corrected chi connectivity index (χ0v) is 21.8. The van der Waals surface area contributed by atoms with E-state index in [0.717, 1.165) is 44.7 Å². The fourth-order valence-electron chi connectivity index (χ4n) is 5.04. The number of ether oxygens (including phenoxy) is 1. The van der Waals surface area contributed by atoms with Crippen LogP contribution in [0.2, 0.25) is 5.02 Å². The number of aromatic nitrogens is 2. The Morgan fingerprint density at radius 2 is 1.91 bits per heavy atom. The van der Waals surface area contributed by atoms with Gasteiger partial charge in [0, 0.05) is 68.9 Å². The van der Waals surface area contributed by atoms with Crippen LogP contribution in [0.25, 0.3) is 0 Å². The maximum Gasteiger partial charge on any atom is 0.257 e. The SMILES string of the molecule is CCn1cc(C(=O)N2CCCC(COc3cccc(Cl)c3)(CC(=O)N3CCN(C)CC3)C2)c(C)n1. The number of likely N-dealkylation sites (N-methyl/N-ethyl adjacent to an activating group) is 1. The summed E-state index contributed by atoms with van der Waals surface area (Å²) in [7, 11) is 2.08. The molecule has 2 aliphatic heterocycles. The van der Waals surface area contributed by atoms with Gasteiger partial charge in [0.2, 0.25) is 5.91 Å². The Labute approximate surface area is 212 Å². The number of nitrogens with zero attached hydrogens (tertiary/aromatic N) is 5. The van der Waals surface area contributed by atoms with Crippen LogP contribution in [0, 0.1) is 12.3 Å². The summed E-state index contributed by atoms with van der Waals surface area (Å²) in [4.78, 5) is 33.0. The Morgan fingerprint density at radius 1 is 1.14 bits per heavy atom. The minimum Gasteiger partial charge on any atom is -0.493 e. The number of hydrogen-bond donors (Lipinski definition) is 0. The predicted octanol–water partition coefficient (Wildman–Crippen LogP) is 3.33.